The van der Waals surface area contributed by atoms with Gasteiger partial charge < -0.3 is 20.4 Å². The second-order valence-corrected chi connectivity index (χ2v) is 8.46. The summed E-state index contributed by atoms with van der Waals surface area (Å²) in [5.74, 6) is 0.216. The molecule has 1 unspecified atom stereocenters. The number of H-pyrrole nitrogens is 2. The lowest BCUT2D eigenvalue weighted by Crippen LogP contribution is -2.49. The summed E-state index contributed by atoms with van der Waals surface area (Å²) >= 11 is 6.17. The highest BCUT2D eigenvalue weighted by molar-refractivity contribution is 6.30. The molecular formula is C24H20ClN5O4. The third-order valence-electron chi connectivity index (χ3n) is 6.00. The molecule has 0 bridgehead atoms. The second-order valence-electron chi connectivity index (χ2n) is 8.02. The number of benzene rings is 2. The molecule has 4 aromatic rings. The summed E-state index contributed by atoms with van der Waals surface area (Å²) < 4.78 is 5.80. The molecule has 2 aromatic heterocycles. The lowest BCUT2D eigenvalue weighted by atomic mass is 9.74. The number of anilines is 2. The third-order valence-corrected chi connectivity index (χ3v) is 6.23. The van der Waals surface area contributed by atoms with Gasteiger partial charge in [0.15, 0.2) is 0 Å². The van der Waals surface area contributed by atoms with Crippen molar-refractivity contribution >= 4 is 39.7 Å². The number of ether oxygens (including phenoxy) is 1. The van der Waals surface area contributed by atoms with Crippen LogP contribution in [0.3, 0.4) is 0 Å². The van der Waals surface area contributed by atoms with E-state index >= 15 is 0 Å². The first-order valence-electron chi connectivity index (χ1n) is 10.6. The average molecular weight is 478 g/mol. The van der Waals surface area contributed by atoms with Crippen LogP contribution >= 0.6 is 11.6 Å². The van der Waals surface area contributed by atoms with Crippen LogP contribution in [0.25, 0.3) is 10.8 Å². The molecule has 9 nitrogen and oxygen atoms in total. The van der Waals surface area contributed by atoms with Crippen LogP contribution in [0.5, 0.6) is 5.75 Å². The van der Waals surface area contributed by atoms with Gasteiger partial charge >= 0.3 is 5.69 Å². The van der Waals surface area contributed by atoms with Crippen LogP contribution in [0, 0.1) is 0 Å². The number of rotatable bonds is 5. The maximum Gasteiger partial charge on any atom is 0.325 e. The molecule has 0 aliphatic carbocycles. The zero-order valence-corrected chi connectivity index (χ0v) is 18.6. The van der Waals surface area contributed by atoms with Crippen molar-refractivity contribution in [3.05, 3.63) is 92.5 Å². The fraction of sp³-hybridized carbons (Fsp3) is 0.167. The van der Waals surface area contributed by atoms with Crippen LogP contribution < -0.4 is 26.6 Å². The highest BCUT2D eigenvalue weighted by atomic mass is 35.5. The van der Waals surface area contributed by atoms with Gasteiger partial charge in [0.25, 0.3) is 5.56 Å². The van der Waals surface area contributed by atoms with Gasteiger partial charge in [-0.1, -0.05) is 41.9 Å². The predicted molar refractivity (Wildman–Crippen MR) is 130 cm³/mol. The number of fused-ring (bicyclic) bond motifs is 2. The van der Waals surface area contributed by atoms with E-state index in [0.717, 1.165) is 10.8 Å². The molecule has 0 saturated heterocycles. The summed E-state index contributed by atoms with van der Waals surface area (Å²) in [6.07, 6.45) is 4.97. The van der Waals surface area contributed by atoms with E-state index in [-0.39, 0.29) is 24.7 Å². The number of pyridine rings is 1. The molecule has 0 radical (unpaired) electrons. The first-order valence-corrected chi connectivity index (χ1v) is 11.0. The molecule has 10 heteroatoms. The zero-order chi connectivity index (χ0) is 23.7. The number of halogens is 1. The van der Waals surface area contributed by atoms with Crippen LogP contribution in [-0.4, -0.2) is 34.0 Å². The summed E-state index contributed by atoms with van der Waals surface area (Å²) in [6.45, 7) is 0.350. The fourth-order valence-electron chi connectivity index (χ4n) is 4.23. The number of aromatic amines is 2. The Morgan fingerprint density at radius 1 is 1.15 bits per heavy atom. The van der Waals surface area contributed by atoms with Crippen LogP contribution in [0.2, 0.25) is 5.02 Å². The Balaban J connectivity index is 1.56. The molecule has 0 fully saturated rings. The molecule has 172 valence electrons. The first kappa shape index (κ1) is 21.7. The van der Waals surface area contributed by atoms with Crippen LogP contribution in [0.15, 0.2) is 70.6 Å². The smallest absolute Gasteiger partial charge is 0.325 e. The van der Waals surface area contributed by atoms with Crippen molar-refractivity contribution < 1.29 is 9.53 Å². The van der Waals surface area contributed by atoms with E-state index < -0.39 is 16.7 Å². The van der Waals surface area contributed by atoms with Gasteiger partial charge in [-0.25, -0.2) is 4.79 Å². The Kier molecular flexibility index (Phi) is 5.54. The van der Waals surface area contributed by atoms with Crippen molar-refractivity contribution in [2.24, 2.45) is 0 Å². The van der Waals surface area contributed by atoms with Gasteiger partial charge in [0.2, 0.25) is 5.91 Å². The molecule has 5 rings (SSSR count). The van der Waals surface area contributed by atoms with Crippen LogP contribution in [0.4, 0.5) is 11.4 Å². The quantitative estimate of drug-likeness (QED) is 0.349. The van der Waals surface area contributed by atoms with Crippen molar-refractivity contribution in [3.8, 4) is 5.75 Å². The van der Waals surface area contributed by atoms with Crippen LogP contribution in [0.1, 0.15) is 12.0 Å². The van der Waals surface area contributed by atoms with E-state index in [4.69, 9.17) is 16.3 Å². The Hall–Kier alpha value is -4.11. The number of carbonyl (C=O) groups excluding carboxylic acids is 1. The van der Waals surface area contributed by atoms with Gasteiger partial charge in [-0.2, -0.15) is 0 Å². The number of nitrogens with zero attached hydrogens (tertiary/aromatic N) is 1. The molecule has 1 amide bonds. The van der Waals surface area contributed by atoms with Gasteiger partial charge in [0.05, 0.1) is 23.9 Å². The van der Waals surface area contributed by atoms with Crippen molar-refractivity contribution in [2.75, 3.05) is 23.8 Å². The molecule has 0 spiro atoms. The Bertz CT molecular complexity index is 1510. The minimum Gasteiger partial charge on any atom is -0.493 e. The summed E-state index contributed by atoms with van der Waals surface area (Å²) in [5.41, 5.74) is -0.940. The average Bonchev–Trinajstić information content (AvgIpc) is 2.83. The molecule has 34 heavy (non-hydrogen) atoms. The lowest BCUT2D eigenvalue weighted by Gasteiger charge is -2.38. The largest absolute Gasteiger partial charge is 0.493 e. The number of aromatic nitrogens is 3. The summed E-state index contributed by atoms with van der Waals surface area (Å²) in [4.78, 5) is 46.4. The zero-order valence-electron chi connectivity index (χ0n) is 17.9. The normalized spacial score (nSPS) is 17.0. The molecule has 1 atom stereocenters. The summed E-state index contributed by atoms with van der Waals surface area (Å²) in [7, 11) is 0. The topological polar surface area (TPSA) is 129 Å². The van der Waals surface area contributed by atoms with E-state index in [1.54, 1.807) is 30.6 Å². The number of hydrogen-bond acceptors (Lipinski definition) is 6. The molecular weight excluding hydrogens is 458 g/mol. The number of nitrogens with one attached hydrogen (secondary N) is 4. The molecule has 2 aromatic carbocycles. The number of hydrogen-bond donors (Lipinski definition) is 4. The van der Waals surface area contributed by atoms with Crippen molar-refractivity contribution in [1.82, 2.24) is 15.0 Å². The maximum absolute atomic E-state index is 13.9. The second kappa shape index (κ2) is 8.68. The van der Waals surface area contributed by atoms with E-state index in [9.17, 15) is 14.4 Å². The highest BCUT2D eigenvalue weighted by Crippen LogP contribution is 2.41. The predicted octanol–water partition coefficient (Wildman–Crippen LogP) is 3.04. The van der Waals surface area contributed by atoms with Gasteiger partial charge in [-0.3, -0.25) is 19.6 Å². The first-order chi connectivity index (χ1) is 16.5. The standard InChI is InChI=1S/C24H20ClN5O4/c25-15-5-6-17-20(9-15)34-8-7-24(17,13-28-19-12-27-23(33)30-21(19)31)22(32)29-18-11-26-10-14-3-1-2-4-16(14)18/h1-6,9-12,28H,7-8,13H2,(H,29,32)(H2,27,30,31,33). The van der Waals surface area contributed by atoms with E-state index in [2.05, 4.69) is 25.6 Å². The monoisotopic (exact) mass is 477 g/mol. The summed E-state index contributed by atoms with van der Waals surface area (Å²) in [6, 6.07) is 12.8. The lowest BCUT2D eigenvalue weighted by molar-refractivity contribution is -0.122. The number of carbonyl (C=O) groups is 1. The molecule has 0 saturated carbocycles. The molecule has 4 N–H and O–H groups in total. The van der Waals surface area contributed by atoms with Crippen molar-refractivity contribution in [1.29, 1.82) is 0 Å². The molecule has 3 heterocycles. The van der Waals surface area contributed by atoms with Crippen molar-refractivity contribution in [3.63, 3.8) is 0 Å². The van der Waals surface area contributed by atoms with Gasteiger partial charge in [-0.15, -0.1) is 0 Å². The van der Waals surface area contributed by atoms with Gasteiger partial charge in [0, 0.05) is 46.7 Å². The highest BCUT2D eigenvalue weighted by Gasteiger charge is 2.45. The fourth-order valence-corrected chi connectivity index (χ4v) is 4.39. The van der Waals surface area contributed by atoms with Gasteiger partial charge in [-0.05, 0) is 12.1 Å². The minimum absolute atomic E-state index is 0.0736. The van der Waals surface area contributed by atoms with Crippen LogP contribution in [-0.2, 0) is 10.2 Å². The van der Waals surface area contributed by atoms with E-state index in [1.807, 2.05) is 24.3 Å². The summed E-state index contributed by atoms with van der Waals surface area (Å²) in [5, 5.41) is 8.30. The Morgan fingerprint density at radius 2 is 2.00 bits per heavy atom. The maximum atomic E-state index is 13.9. The van der Waals surface area contributed by atoms with Gasteiger partial charge in [0.1, 0.15) is 11.4 Å². The molecule has 1 aliphatic rings. The minimum atomic E-state index is -1.10. The molecule has 1 aliphatic heterocycles. The van der Waals surface area contributed by atoms with E-state index in [1.165, 1.54) is 6.20 Å². The number of amides is 1. The Morgan fingerprint density at radius 3 is 2.85 bits per heavy atom. The third kappa shape index (κ3) is 3.90. The Labute approximate surface area is 198 Å². The van der Waals surface area contributed by atoms with E-state index in [0.29, 0.717) is 28.4 Å². The van der Waals surface area contributed by atoms with Crippen molar-refractivity contribution in [2.45, 2.75) is 11.8 Å². The SMILES string of the molecule is O=C(Nc1cncc2ccccc12)C1(CNc2c[nH]c(=O)[nH]c2=O)CCOc2cc(Cl)ccc21.